The lowest BCUT2D eigenvalue weighted by Crippen LogP contribution is -2.83. The predicted molar refractivity (Wildman–Crippen MR) is 118 cm³/mol. The smallest absolute Gasteiger partial charge is 0.154 e. The van der Waals surface area contributed by atoms with Gasteiger partial charge in [0.15, 0.2) is 6.04 Å². The summed E-state index contributed by atoms with van der Waals surface area (Å²) in [4.78, 5) is 0. The molecule has 29 heavy (non-hydrogen) atoms. The van der Waals surface area contributed by atoms with Gasteiger partial charge in [-0.3, -0.25) is 0 Å². The zero-order valence-electron chi connectivity index (χ0n) is 16.5. The minimum absolute atomic E-state index is 0.261. The van der Waals surface area contributed by atoms with Crippen molar-refractivity contribution in [2.24, 2.45) is 0 Å². The first-order chi connectivity index (χ1) is 14.4. The highest BCUT2D eigenvalue weighted by Crippen LogP contribution is 2.36. The second kappa shape index (κ2) is 6.36. The zero-order chi connectivity index (χ0) is 19.4. The summed E-state index contributed by atoms with van der Waals surface area (Å²) in [6, 6.07) is 29.1. The summed E-state index contributed by atoms with van der Waals surface area (Å²) in [6.07, 6.45) is 2.20. The van der Waals surface area contributed by atoms with Crippen LogP contribution >= 0.6 is 0 Å². The Bertz CT molecular complexity index is 1360. The summed E-state index contributed by atoms with van der Waals surface area (Å²) in [7, 11) is 0. The minimum Gasteiger partial charge on any atom is -0.341 e. The number of fused-ring (bicyclic) bond motifs is 6. The molecule has 1 atom stereocenters. The quantitative estimate of drug-likeness (QED) is 0.458. The molecule has 6 rings (SSSR count). The molecule has 0 aliphatic carbocycles. The van der Waals surface area contributed by atoms with Crippen LogP contribution in [0.2, 0.25) is 0 Å². The van der Waals surface area contributed by atoms with Crippen LogP contribution in [-0.2, 0) is 13.1 Å². The number of aromatic nitrogens is 2. The number of hydrogen-bond donors (Lipinski definition) is 1. The first kappa shape index (κ1) is 16.6. The van der Waals surface area contributed by atoms with Crippen LogP contribution in [0.1, 0.15) is 29.8 Å². The van der Waals surface area contributed by atoms with E-state index in [-0.39, 0.29) is 6.04 Å². The fourth-order valence-corrected chi connectivity index (χ4v) is 5.16. The molecule has 3 heteroatoms. The third kappa shape index (κ3) is 2.34. The molecule has 142 valence electrons. The zero-order valence-corrected chi connectivity index (χ0v) is 16.5. The summed E-state index contributed by atoms with van der Waals surface area (Å²) in [5.74, 6) is 0. The number of hydrogen-bond acceptors (Lipinski definition) is 0. The van der Waals surface area contributed by atoms with Gasteiger partial charge in [0.1, 0.15) is 6.54 Å². The molecular formula is C26H24N3+. The van der Waals surface area contributed by atoms with Gasteiger partial charge in [0.25, 0.3) is 0 Å². The number of nitrogens with two attached hydrogens (primary N) is 1. The fraction of sp³-hybridized carbons (Fsp3) is 0.154. The molecule has 3 nitrogen and oxygen atoms in total. The first-order valence-electron chi connectivity index (χ1n) is 10.5. The maximum absolute atomic E-state index is 2.49. The second-order valence-corrected chi connectivity index (χ2v) is 7.85. The maximum Gasteiger partial charge on any atom is 0.154 e. The first-order valence-corrected chi connectivity index (χ1v) is 10.5. The van der Waals surface area contributed by atoms with Gasteiger partial charge in [0, 0.05) is 45.7 Å². The van der Waals surface area contributed by atoms with Gasteiger partial charge in [-0.15, -0.1) is 0 Å². The van der Waals surface area contributed by atoms with Crippen LogP contribution < -0.4 is 5.32 Å². The van der Waals surface area contributed by atoms with Gasteiger partial charge in [-0.25, -0.2) is 0 Å². The van der Waals surface area contributed by atoms with Gasteiger partial charge in [-0.2, -0.15) is 0 Å². The summed E-state index contributed by atoms with van der Waals surface area (Å²) in [6.45, 7) is 4.19. The Labute approximate surface area is 170 Å². The third-order valence-electron chi connectivity index (χ3n) is 6.40. The second-order valence-electron chi connectivity index (χ2n) is 7.85. The predicted octanol–water partition coefficient (Wildman–Crippen LogP) is 4.77. The van der Waals surface area contributed by atoms with Crippen molar-refractivity contribution < 1.29 is 5.32 Å². The highest BCUT2D eigenvalue weighted by atomic mass is 15.1. The van der Waals surface area contributed by atoms with Crippen LogP contribution in [-0.4, -0.2) is 9.13 Å². The van der Waals surface area contributed by atoms with E-state index in [2.05, 4.69) is 106 Å². The molecule has 1 aliphatic rings. The van der Waals surface area contributed by atoms with Crippen LogP contribution in [0, 0.1) is 0 Å². The fourth-order valence-electron chi connectivity index (χ4n) is 5.16. The van der Waals surface area contributed by atoms with E-state index in [4.69, 9.17) is 0 Å². The van der Waals surface area contributed by atoms with Crippen LogP contribution in [0.3, 0.4) is 0 Å². The molecule has 1 aliphatic heterocycles. The molecule has 0 saturated carbocycles. The Hall–Kier alpha value is -3.30. The van der Waals surface area contributed by atoms with Crippen molar-refractivity contribution in [3.8, 4) is 5.69 Å². The van der Waals surface area contributed by atoms with Gasteiger partial charge in [-0.05, 0) is 37.3 Å². The topological polar surface area (TPSA) is 26.5 Å². The molecule has 0 unspecified atom stereocenters. The van der Waals surface area contributed by atoms with Crippen molar-refractivity contribution in [1.82, 2.24) is 9.13 Å². The van der Waals surface area contributed by atoms with Gasteiger partial charge in [0.2, 0.25) is 0 Å². The van der Waals surface area contributed by atoms with Gasteiger partial charge >= 0.3 is 0 Å². The van der Waals surface area contributed by atoms with Crippen molar-refractivity contribution in [3.05, 3.63) is 102 Å². The molecule has 0 spiro atoms. The van der Waals surface area contributed by atoms with Gasteiger partial charge in [-0.1, -0.05) is 48.5 Å². The molecule has 0 fully saturated rings. The normalized spacial score (nSPS) is 16.0. The molecule has 5 aromatic rings. The summed E-state index contributed by atoms with van der Waals surface area (Å²) >= 11 is 0. The van der Waals surface area contributed by atoms with Crippen molar-refractivity contribution in [2.45, 2.75) is 26.1 Å². The molecule has 0 amide bonds. The molecule has 3 heterocycles. The molecular weight excluding hydrogens is 354 g/mol. The van der Waals surface area contributed by atoms with Crippen LogP contribution in [0.25, 0.3) is 27.5 Å². The van der Waals surface area contributed by atoms with Crippen molar-refractivity contribution in [1.29, 1.82) is 0 Å². The van der Waals surface area contributed by atoms with Gasteiger partial charge < -0.3 is 14.5 Å². The van der Waals surface area contributed by atoms with Crippen molar-refractivity contribution in [3.63, 3.8) is 0 Å². The number of para-hydroxylation sites is 2. The standard InChI is InChI=1S/C26H23N3/c1-2-28-22-13-6-4-10-19(22)25-20(11-7-14-23(25)28)26-24-15-8-16-29(24)21-12-5-3-9-18(21)17-27-26/h3-16,26-27H,2,17H2,1H3/p+1/t26-/m1/s1. The van der Waals surface area contributed by atoms with Gasteiger partial charge in [0.05, 0.1) is 11.4 Å². The number of aryl methyl sites for hydroxylation is 1. The molecule has 0 bridgehead atoms. The lowest BCUT2D eigenvalue weighted by atomic mass is 9.97. The molecule has 3 aromatic carbocycles. The van der Waals surface area contributed by atoms with Crippen LogP contribution in [0.5, 0.6) is 0 Å². The van der Waals surface area contributed by atoms with E-state index in [1.54, 1.807) is 0 Å². The highest BCUT2D eigenvalue weighted by molar-refractivity contribution is 6.10. The summed E-state index contributed by atoms with van der Waals surface area (Å²) in [5, 5.41) is 5.24. The highest BCUT2D eigenvalue weighted by Gasteiger charge is 2.28. The van der Waals surface area contributed by atoms with E-state index >= 15 is 0 Å². The maximum atomic E-state index is 2.49. The Morgan fingerprint density at radius 2 is 1.69 bits per heavy atom. The SMILES string of the molecule is CCn1c2ccccc2c2c([C@H]3[NH2+]Cc4ccccc4-n4cccc43)cccc21. The summed E-state index contributed by atoms with van der Waals surface area (Å²) in [5.41, 5.74) is 8.09. The Balaban J connectivity index is 1.64. The minimum atomic E-state index is 0.261. The molecule has 2 aromatic heterocycles. The number of rotatable bonds is 2. The Morgan fingerprint density at radius 1 is 0.862 bits per heavy atom. The lowest BCUT2D eigenvalue weighted by Gasteiger charge is -2.16. The Kier molecular flexibility index (Phi) is 3.65. The largest absolute Gasteiger partial charge is 0.341 e. The lowest BCUT2D eigenvalue weighted by molar-refractivity contribution is -0.702. The summed E-state index contributed by atoms with van der Waals surface area (Å²) < 4.78 is 4.82. The van der Waals surface area contributed by atoms with E-state index in [0.717, 1.165) is 13.1 Å². The van der Waals surface area contributed by atoms with Crippen LogP contribution in [0.4, 0.5) is 0 Å². The van der Waals surface area contributed by atoms with Crippen molar-refractivity contribution >= 4 is 21.8 Å². The Morgan fingerprint density at radius 3 is 2.62 bits per heavy atom. The van der Waals surface area contributed by atoms with E-state index < -0.39 is 0 Å². The van der Waals surface area contributed by atoms with Crippen LogP contribution in [0.15, 0.2) is 85.1 Å². The third-order valence-corrected chi connectivity index (χ3v) is 6.40. The number of nitrogens with zero attached hydrogens (tertiary/aromatic N) is 2. The van der Waals surface area contributed by atoms with E-state index in [9.17, 15) is 0 Å². The van der Waals surface area contributed by atoms with Crippen molar-refractivity contribution in [2.75, 3.05) is 0 Å². The molecule has 0 saturated heterocycles. The number of benzene rings is 3. The molecule has 0 radical (unpaired) electrons. The van der Waals surface area contributed by atoms with E-state index in [1.165, 1.54) is 44.3 Å². The average Bonchev–Trinajstić information content (AvgIpc) is 3.33. The molecule has 2 N–H and O–H groups in total. The average molecular weight is 378 g/mol. The monoisotopic (exact) mass is 378 g/mol. The number of quaternary nitrogens is 1. The van der Waals surface area contributed by atoms with E-state index in [0.29, 0.717) is 0 Å². The van der Waals surface area contributed by atoms with E-state index in [1.807, 2.05) is 0 Å².